The number of fused-ring (bicyclic) bond motifs is 1. The molecule has 0 fully saturated rings. The predicted molar refractivity (Wildman–Crippen MR) is 116 cm³/mol. The average molecular weight is 474 g/mol. The number of benzene rings is 3. The Kier molecular flexibility index (Phi) is 5.76. The van der Waals surface area contributed by atoms with E-state index in [2.05, 4.69) is 121 Å². The zero-order chi connectivity index (χ0) is 23.9. The molecular weight excluding hydrogens is 450 g/mol. The normalized spacial score (nSPS) is 21.6. The maximum atomic E-state index is 8.49. The van der Waals surface area contributed by atoms with Crippen molar-refractivity contribution >= 4 is 0 Å². The van der Waals surface area contributed by atoms with Crippen LogP contribution in [-0.4, -0.2) is 0 Å². The molecule has 7 rings (SSSR count). The molecule has 5 nitrogen and oxygen atoms in total. The topological polar surface area (TPSA) is 96.1 Å². The highest BCUT2D eigenvalue weighted by molar-refractivity contribution is 5.55. The number of nitrogens with zero attached hydrogens (tertiary/aromatic N) is 1. The minimum Gasteiger partial charge on any atom is -0.222 e. The van der Waals surface area contributed by atoms with Crippen LogP contribution in [0.15, 0.2) is 109 Å². The van der Waals surface area contributed by atoms with E-state index in [1.165, 1.54) is 27.9 Å². The maximum Gasteiger partial charge on any atom is 0.190 e. The van der Waals surface area contributed by atoms with Gasteiger partial charge in [0.15, 0.2) is 17.9 Å². The van der Waals surface area contributed by atoms with Crippen LogP contribution < -0.4 is 23.2 Å². The van der Waals surface area contributed by atoms with E-state index >= 15 is 0 Å². The summed E-state index contributed by atoms with van der Waals surface area (Å²) in [6.45, 7) is 2.45. The van der Waals surface area contributed by atoms with Crippen LogP contribution in [0.5, 0.6) is 0 Å². The lowest BCUT2D eigenvalue weighted by atomic mass is 9.49. The summed E-state index contributed by atoms with van der Waals surface area (Å²) in [6, 6.07) is 38.5. The number of aromatic nitrogens is 1. The van der Waals surface area contributed by atoms with Crippen LogP contribution in [0.2, 0.25) is 0 Å². The van der Waals surface area contributed by atoms with E-state index in [4.69, 9.17) is 18.6 Å². The first-order valence-electron chi connectivity index (χ1n) is 11.1. The molecule has 1 aliphatic carbocycles. The largest absolute Gasteiger partial charge is 0.222 e. The van der Waals surface area contributed by atoms with Crippen LogP contribution in [0.1, 0.15) is 46.8 Å². The van der Waals surface area contributed by atoms with Crippen molar-refractivity contribution in [1.82, 2.24) is 0 Å². The molecule has 1 aromatic heterocycles. The summed E-state index contributed by atoms with van der Waals surface area (Å²) in [7, 11) is -4.94. The van der Waals surface area contributed by atoms with E-state index in [1.54, 1.807) is 0 Å². The SMILES string of the molecule is CC1C2c3ccccc3C(c3cccc[n+]32)C1(c1ccccc1)c1ccccc1.[O-][Cl+3]([O-])([O-])[O-]. The van der Waals surface area contributed by atoms with Crippen molar-refractivity contribution in [2.24, 2.45) is 5.92 Å². The van der Waals surface area contributed by atoms with Crippen LogP contribution in [0.25, 0.3) is 0 Å². The quantitative estimate of drug-likeness (QED) is 0.404. The van der Waals surface area contributed by atoms with Gasteiger partial charge in [0.2, 0.25) is 0 Å². The minimum absolute atomic E-state index is 0.0944. The van der Waals surface area contributed by atoms with Crippen molar-refractivity contribution in [3.8, 4) is 0 Å². The van der Waals surface area contributed by atoms with Gasteiger partial charge in [-0.25, -0.2) is 18.6 Å². The molecule has 0 N–H and O–H groups in total. The molecule has 0 spiro atoms. The molecule has 3 unspecified atom stereocenters. The van der Waals surface area contributed by atoms with Crippen LogP contribution in [0.4, 0.5) is 0 Å². The van der Waals surface area contributed by atoms with Crippen molar-refractivity contribution in [2.75, 3.05) is 0 Å². The van der Waals surface area contributed by atoms with Gasteiger partial charge in [-0.1, -0.05) is 97.9 Å². The van der Waals surface area contributed by atoms with E-state index < -0.39 is 10.2 Å². The Morgan fingerprint density at radius 3 is 1.68 bits per heavy atom. The Hall–Kier alpha value is -3.06. The number of hydrogen-bond acceptors (Lipinski definition) is 4. The number of rotatable bonds is 2. The van der Waals surface area contributed by atoms with Crippen LogP contribution in [0.3, 0.4) is 0 Å². The smallest absolute Gasteiger partial charge is 0.190 e. The van der Waals surface area contributed by atoms with Gasteiger partial charge in [-0.05, 0) is 16.7 Å². The van der Waals surface area contributed by atoms with Crippen molar-refractivity contribution < 1.29 is 33.4 Å². The standard InChI is InChI=1S/C28H24N.ClHO4/c1-20-27-24-17-9-8-16-23(24)26(25-18-10-11-19-29(25)27)28(20,21-12-4-2-5-13-21)22-14-6-3-7-15-22;2-1(3,4)5/h2-20,26-27H,1H3;(H,2,3,4,5)/q+1;/p-1. The molecule has 4 aromatic rings. The third-order valence-corrected chi connectivity index (χ3v) is 7.29. The first-order chi connectivity index (χ1) is 16.3. The second kappa shape index (κ2) is 8.62. The highest BCUT2D eigenvalue weighted by atomic mass is 35.7. The van der Waals surface area contributed by atoms with E-state index in [0.29, 0.717) is 12.0 Å². The van der Waals surface area contributed by atoms with Gasteiger partial charge in [-0.2, -0.15) is 4.57 Å². The van der Waals surface area contributed by atoms with E-state index in [0.717, 1.165) is 0 Å². The number of pyridine rings is 1. The van der Waals surface area contributed by atoms with Gasteiger partial charge in [0, 0.05) is 29.0 Å². The van der Waals surface area contributed by atoms with Crippen LogP contribution in [0, 0.1) is 16.2 Å². The molecule has 3 aliphatic rings. The molecule has 3 atom stereocenters. The fourth-order valence-corrected chi connectivity index (χ4v) is 6.27. The summed E-state index contributed by atoms with van der Waals surface area (Å²) < 4.78 is 36.5. The molecular formula is C28H24ClNO4. The fourth-order valence-electron chi connectivity index (χ4n) is 6.27. The Morgan fingerprint density at radius 2 is 1.12 bits per heavy atom. The van der Waals surface area contributed by atoms with E-state index in [9.17, 15) is 0 Å². The molecule has 6 heteroatoms. The lowest BCUT2D eigenvalue weighted by molar-refractivity contribution is -2.00. The molecule has 172 valence electrons. The average Bonchev–Trinajstić information content (AvgIpc) is 2.84. The zero-order valence-electron chi connectivity index (χ0n) is 18.6. The first-order valence-corrected chi connectivity index (χ1v) is 12.4. The lowest BCUT2D eigenvalue weighted by Gasteiger charge is -2.54. The van der Waals surface area contributed by atoms with Crippen molar-refractivity contribution in [1.29, 1.82) is 0 Å². The summed E-state index contributed by atoms with van der Waals surface area (Å²) in [5, 5.41) is 0. The van der Waals surface area contributed by atoms with Gasteiger partial charge in [0.05, 0.1) is 5.92 Å². The number of halogens is 1. The molecule has 2 aliphatic heterocycles. The molecule has 2 bridgehead atoms. The van der Waals surface area contributed by atoms with E-state index in [1.807, 2.05) is 0 Å². The summed E-state index contributed by atoms with van der Waals surface area (Å²) in [6.07, 6.45) is 2.28. The van der Waals surface area contributed by atoms with Gasteiger partial charge in [0.1, 0.15) is 0 Å². The van der Waals surface area contributed by atoms with Crippen LogP contribution in [-0.2, 0) is 5.41 Å². The van der Waals surface area contributed by atoms with Gasteiger partial charge in [0.25, 0.3) is 0 Å². The maximum absolute atomic E-state index is 8.49. The van der Waals surface area contributed by atoms with Gasteiger partial charge < -0.3 is 0 Å². The van der Waals surface area contributed by atoms with Crippen LogP contribution >= 0.6 is 0 Å². The minimum atomic E-state index is -4.94. The Bertz CT molecular complexity index is 1200. The summed E-state index contributed by atoms with van der Waals surface area (Å²) in [4.78, 5) is 0. The Morgan fingerprint density at radius 1 is 0.647 bits per heavy atom. The second-order valence-corrected chi connectivity index (χ2v) is 9.56. The molecule has 0 radical (unpaired) electrons. The van der Waals surface area contributed by atoms with Gasteiger partial charge in [-0.3, -0.25) is 0 Å². The predicted octanol–water partition coefficient (Wildman–Crippen LogP) is 0.889. The fraction of sp³-hybridized carbons (Fsp3) is 0.179. The molecule has 34 heavy (non-hydrogen) atoms. The first kappa shape index (κ1) is 22.7. The molecule has 0 amide bonds. The molecule has 0 saturated heterocycles. The Labute approximate surface area is 200 Å². The zero-order valence-corrected chi connectivity index (χ0v) is 19.3. The van der Waals surface area contributed by atoms with E-state index in [-0.39, 0.29) is 11.3 Å². The summed E-state index contributed by atoms with van der Waals surface area (Å²) in [5.41, 5.74) is 7.12. The van der Waals surface area contributed by atoms with Gasteiger partial charge in [-0.15, -0.1) is 10.2 Å². The third kappa shape index (κ3) is 3.63. The lowest BCUT2D eigenvalue weighted by Crippen LogP contribution is -2.68. The molecule has 3 heterocycles. The highest BCUT2D eigenvalue weighted by Gasteiger charge is 2.63. The molecule has 0 saturated carbocycles. The molecule has 3 aromatic carbocycles. The monoisotopic (exact) mass is 473 g/mol. The Balaban J connectivity index is 0.000000439. The van der Waals surface area contributed by atoms with Gasteiger partial charge >= 0.3 is 0 Å². The highest BCUT2D eigenvalue weighted by Crippen LogP contribution is 2.62. The van der Waals surface area contributed by atoms with Crippen molar-refractivity contribution in [2.45, 2.75) is 24.3 Å². The second-order valence-electron chi connectivity index (χ2n) is 8.81. The summed E-state index contributed by atoms with van der Waals surface area (Å²) in [5.74, 6) is 0.705. The van der Waals surface area contributed by atoms with Crippen molar-refractivity contribution in [3.63, 3.8) is 0 Å². The third-order valence-electron chi connectivity index (χ3n) is 7.29. The van der Waals surface area contributed by atoms with Crippen molar-refractivity contribution in [3.05, 3.63) is 137 Å². The number of hydrogen-bond donors (Lipinski definition) is 0. The summed E-state index contributed by atoms with van der Waals surface area (Å²) >= 11 is 0.